The number of nitrogen functional groups attached to an aromatic ring is 1. The quantitative estimate of drug-likeness (QED) is 0.474. The lowest BCUT2D eigenvalue weighted by atomic mass is 9.77. The van der Waals surface area contributed by atoms with Crippen molar-refractivity contribution in [3.63, 3.8) is 0 Å². The molecule has 3 aromatic rings. The third kappa shape index (κ3) is 3.43. The monoisotopic (exact) mass is 428 g/mol. The van der Waals surface area contributed by atoms with Gasteiger partial charge in [0.1, 0.15) is 5.25 Å². The Bertz CT molecular complexity index is 1020. The predicted molar refractivity (Wildman–Crippen MR) is 115 cm³/mol. The van der Waals surface area contributed by atoms with E-state index < -0.39 is 10.8 Å². The van der Waals surface area contributed by atoms with E-state index in [1.54, 1.807) is 12.1 Å². The van der Waals surface area contributed by atoms with Crippen LogP contribution in [0.2, 0.25) is 5.02 Å². The Labute approximate surface area is 176 Å². The van der Waals surface area contributed by atoms with Gasteiger partial charge in [-0.1, -0.05) is 35.9 Å². The second kappa shape index (κ2) is 7.62. The van der Waals surface area contributed by atoms with Gasteiger partial charge < -0.3 is 11.1 Å². The molecule has 1 saturated heterocycles. The molecule has 1 aromatic heterocycles. The fourth-order valence-electron chi connectivity index (χ4n) is 3.43. The summed E-state index contributed by atoms with van der Waals surface area (Å²) in [6.07, 6.45) is 0.154. The van der Waals surface area contributed by atoms with E-state index in [9.17, 15) is 9.59 Å². The number of nitrogens with two attached hydrogens (primary N) is 1. The first-order chi connectivity index (χ1) is 13.5. The number of piperidine rings is 1. The van der Waals surface area contributed by atoms with Crippen LogP contribution in [0.15, 0.2) is 70.3 Å². The number of nitrogens with one attached hydrogen (secondary N) is 1. The van der Waals surface area contributed by atoms with Crippen molar-refractivity contribution in [3.05, 3.63) is 81.5 Å². The summed E-state index contributed by atoms with van der Waals surface area (Å²) in [7, 11) is 0. The lowest BCUT2D eigenvalue weighted by molar-refractivity contribution is -0.132. The zero-order chi connectivity index (χ0) is 19.7. The molecule has 2 unspecified atom stereocenters. The number of rotatable bonds is 4. The Hall–Kier alpha value is -2.28. The van der Waals surface area contributed by atoms with Crippen LogP contribution in [0.4, 0.5) is 5.69 Å². The summed E-state index contributed by atoms with van der Waals surface area (Å²) >= 11 is 8.92. The molecular formula is C21H17ClN2O2S2. The van der Waals surface area contributed by atoms with Gasteiger partial charge in [-0.05, 0) is 52.2 Å². The minimum atomic E-state index is -0.916. The molecule has 4 nitrogen and oxygen atoms in total. The minimum absolute atomic E-state index is 0.137. The van der Waals surface area contributed by atoms with E-state index in [0.29, 0.717) is 15.6 Å². The van der Waals surface area contributed by atoms with E-state index in [1.165, 1.54) is 23.1 Å². The average molecular weight is 429 g/mol. The molecule has 1 amide bonds. The van der Waals surface area contributed by atoms with Crippen LogP contribution < -0.4 is 11.1 Å². The largest absolute Gasteiger partial charge is 0.399 e. The second-order valence-corrected chi connectivity index (χ2v) is 8.94. The molecule has 0 spiro atoms. The fraction of sp³-hybridized carbons (Fsp3) is 0.143. The van der Waals surface area contributed by atoms with Gasteiger partial charge in [0.15, 0.2) is 5.78 Å². The summed E-state index contributed by atoms with van der Waals surface area (Å²) in [4.78, 5) is 26.9. The summed E-state index contributed by atoms with van der Waals surface area (Å²) in [5.41, 5.74) is 7.33. The summed E-state index contributed by atoms with van der Waals surface area (Å²) in [6.45, 7) is 0. The molecule has 3 N–H and O–H groups in total. The SMILES string of the molecule is Nc1cccc(C2(c3ccsc3)CC(=O)C(Sc3ccccc3Cl)C(=O)N2)c1. The third-order valence-electron chi connectivity index (χ3n) is 4.78. The number of carbonyl (C=O) groups excluding carboxylic acids is 2. The molecule has 1 aliphatic heterocycles. The van der Waals surface area contributed by atoms with Gasteiger partial charge in [0.2, 0.25) is 5.91 Å². The van der Waals surface area contributed by atoms with Crippen molar-refractivity contribution in [2.45, 2.75) is 22.1 Å². The van der Waals surface area contributed by atoms with E-state index in [-0.39, 0.29) is 18.1 Å². The molecule has 0 radical (unpaired) electrons. The molecule has 2 heterocycles. The van der Waals surface area contributed by atoms with E-state index in [2.05, 4.69) is 5.32 Å². The number of thiophene rings is 1. The highest BCUT2D eigenvalue weighted by molar-refractivity contribution is 8.01. The van der Waals surface area contributed by atoms with E-state index >= 15 is 0 Å². The molecule has 0 saturated carbocycles. The average Bonchev–Trinajstić information content (AvgIpc) is 3.21. The standard InChI is InChI=1S/C21H17ClN2O2S2/c22-16-6-1-2-7-18(16)28-19-17(25)11-21(24-20(19)26,14-8-9-27-12-14)13-4-3-5-15(23)10-13/h1-10,12,19H,11,23H2,(H,24,26). The van der Waals surface area contributed by atoms with Crippen LogP contribution in [0.25, 0.3) is 0 Å². The summed E-state index contributed by atoms with van der Waals surface area (Å²) in [5, 5.41) is 6.70. The Kier molecular flexibility index (Phi) is 5.19. The Balaban J connectivity index is 1.71. The Morgan fingerprint density at radius 3 is 2.61 bits per heavy atom. The molecule has 2 aromatic carbocycles. The van der Waals surface area contributed by atoms with E-state index in [1.807, 2.05) is 53.2 Å². The van der Waals surface area contributed by atoms with Crippen LogP contribution in [-0.4, -0.2) is 16.9 Å². The van der Waals surface area contributed by atoms with Gasteiger partial charge >= 0.3 is 0 Å². The van der Waals surface area contributed by atoms with E-state index in [4.69, 9.17) is 17.3 Å². The molecule has 2 atom stereocenters. The highest BCUT2D eigenvalue weighted by atomic mass is 35.5. The number of amides is 1. The number of halogens is 1. The zero-order valence-electron chi connectivity index (χ0n) is 14.7. The van der Waals surface area contributed by atoms with Crippen molar-refractivity contribution in [3.8, 4) is 0 Å². The predicted octanol–water partition coefficient (Wildman–Crippen LogP) is 4.48. The highest BCUT2D eigenvalue weighted by Crippen LogP contribution is 2.41. The van der Waals surface area contributed by atoms with Crippen molar-refractivity contribution in [1.82, 2.24) is 5.32 Å². The fourth-order valence-corrected chi connectivity index (χ4v) is 5.41. The molecule has 28 heavy (non-hydrogen) atoms. The van der Waals surface area contributed by atoms with Gasteiger partial charge in [0, 0.05) is 17.0 Å². The summed E-state index contributed by atoms with van der Waals surface area (Å²) in [5.74, 6) is -0.461. The van der Waals surface area contributed by atoms with Crippen molar-refractivity contribution < 1.29 is 9.59 Å². The lowest BCUT2D eigenvalue weighted by Gasteiger charge is -2.40. The number of carbonyl (C=O) groups is 2. The molecule has 0 aliphatic carbocycles. The molecule has 1 aliphatic rings. The number of Topliss-reactive ketones (excluding diaryl/α,β-unsaturated/α-hetero) is 1. The van der Waals surface area contributed by atoms with Gasteiger partial charge in [-0.15, -0.1) is 11.8 Å². The number of ketones is 1. The maximum atomic E-state index is 13.1. The van der Waals surface area contributed by atoms with Crippen LogP contribution in [-0.2, 0) is 15.1 Å². The number of hydrogen-bond acceptors (Lipinski definition) is 5. The maximum Gasteiger partial charge on any atom is 0.242 e. The minimum Gasteiger partial charge on any atom is -0.399 e. The first-order valence-electron chi connectivity index (χ1n) is 8.64. The summed E-state index contributed by atoms with van der Waals surface area (Å²) in [6, 6.07) is 16.5. The molecule has 7 heteroatoms. The number of benzene rings is 2. The van der Waals surface area contributed by atoms with Gasteiger partial charge in [-0.25, -0.2) is 0 Å². The highest BCUT2D eigenvalue weighted by Gasteiger charge is 2.47. The van der Waals surface area contributed by atoms with Crippen LogP contribution in [0.1, 0.15) is 17.5 Å². The normalized spacial score (nSPS) is 22.1. The van der Waals surface area contributed by atoms with Crippen molar-refractivity contribution in [2.75, 3.05) is 5.73 Å². The lowest BCUT2D eigenvalue weighted by Crippen LogP contribution is -2.58. The molecule has 142 valence electrons. The van der Waals surface area contributed by atoms with Crippen molar-refractivity contribution >= 4 is 52.1 Å². The molecule has 1 fully saturated rings. The van der Waals surface area contributed by atoms with Crippen molar-refractivity contribution in [2.24, 2.45) is 0 Å². The Morgan fingerprint density at radius 2 is 1.93 bits per heavy atom. The van der Waals surface area contributed by atoms with Crippen LogP contribution in [0, 0.1) is 0 Å². The van der Waals surface area contributed by atoms with E-state index in [0.717, 1.165) is 11.1 Å². The number of hydrogen-bond donors (Lipinski definition) is 2. The first kappa shape index (κ1) is 19.1. The van der Waals surface area contributed by atoms with Crippen LogP contribution >= 0.6 is 34.7 Å². The van der Waals surface area contributed by atoms with Crippen molar-refractivity contribution in [1.29, 1.82) is 0 Å². The zero-order valence-corrected chi connectivity index (χ0v) is 17.1. The van der Waals surface area contributed by atoms with Gasteiger partial charge in [-0.2, -0.15) is 11.3 Å². The number of anilines is 1. The molecule has 0 bridgehead atoms. The molecular weight excluding hydrogens is 412 g/mol. The third-order valence-corrected chi connectivity index (χ3v) is 7.23. The summed E-state index contributed by atoms with van der Waals surface area (Å²) < 4.78 is 0. The van der Waals surface area contributed by atoms with Crippen LogP contribution in [0.5, 0.6) is 0 Å². The number of thioether (sulfide) groups is 1. The van der Waals surface area contributed by atoms with Crippen LogP contribution in [0.3, 0.4) is 0 Å². The first-order valence-corrected chi connectivity index (χ1v) is 10.8. The molecule has 4 rings (SSSR count). The van der Waals surface area contributed by atoms with Gasteiger partial charge in [-0.3, -0.25) is 9.59 Å². The second-order valence-electron chi connectivity index (χ2n) is 6.60. The topological polar surface area (TPSA) is 72.2 Å². The van der Waals surface area contributed by atoms with Gasteiger partial charge in [0.25, 0.3) is 0 Å². The Morgan fingerprint density at radius 1 is 1.11 bits per heavy atom. The van der Waals surface area contributed by atoms with Gasteiger partial charge in [0.05, 0.1) is 10.6 Å². The maximum absolute atomic E-state index is 13.1. The smallest absolute Gasteiger partial charge is 0.242 e.